The van der Waals surface area contributed by atoms with E-state index >= 15 is 0 Å². The molecule has 0 heterocycles. The zero-order valence-electron chi connectivity index (χ0n) is 10.1. The molecule has 0 saturated heterocycles. The second-order valence-corrected chi connectivity index (χ2v) is 3.93. The Bertz CT molecular complexity index is 467. The third-order valence-corrected chi connectivity index (χ3v) is 2.57. The summed E-state index contributed by atoms with van der Waals surface area (Å²) in [6.07, 6.45) is -10.2. The summed E-state index contributed by atoms with van der Waals surface area (Å²) in [4.78, 5) is 0. The van der Waals surface area contributed by atoms with Gasteiger partial charge in [-0.15, -0.1) is 12.4 Å². The Kier molecular flexibility index (Phi) is 5.86. The van der Waals surface area contributed by atoms with Gasteiger partial charge in [0, 0.05) is 11.6 Å². The molecule has 0 aliphatic heterocycles. The molecule has 1 aromatic carbocycles. The van der Waals surface area contributed by atoms with Gasteiger partial charge in [-0.3, -0.25) is 0 Å². The maximum atomic E-state index is 13.5. The van der Waals surface area contributed by atoms with Gasteiger partial charge in [0.1, 0.15) is 5.82 Å². The average Bonchev–Trinajstić information content (AvgIpc) is 2.24. The van der Waals surface area contributed by atoms with E-state index in [0.717, 1.165) is 0 Å². The lowest BCUT2D eigenvalue weighted by Crippen LogP contribution is -2.21. The smallest absolute Gasteiger partial charge is 0.324 e. The molecule has 1 aromatic rings. The van der Waals surface area contributed by atoms with Crippen LogP contribution in [-0.2, 0) is 12.4 Å². The first-order valence-corrected chi connectivity index (χ1v) is 5.21. The molecular formula is C11H11ClF7N. The van der Waals surface area contributed by atoms with Crippen LogP contribution in [0.25, 0.3) is 0 Å². The monoisotopic (exact) mass is 325 g/mol. The number of halogens is 8. The molecule has 0 unspecified atom stereocenters. The predicted octanol–water partition coefficient (Wildman–Crippen LogP) is 4.69. The van der Waals surface area contributed by atoms with E-state index in [2.05, 4.69) is 0 Å². The molecule has 0 amide bonds. The molecule has 0 bridgehead atoms. The van der Waals surface area contributed by atoms with Crippen molar-refractivity contribution in [2.24, 2.45) is 5.73 Å². The molecule has 1 rings (SSSR count). The number of hydrogen-bond acceptors (Lipinski definition) is 1. The van der Waals surface area contributed by atoms with Crippen LogP contribution in [0.15, 0.2) is 12.1 Å². The Hall–Kier alpha value is -1.02. The van der Waals surface area contributed by atoms with Gasteiger partial charge in [0.05, 0.1) is 11.1 Å². The molecule has 20 heavy (non-hydrogen) atoms. The largest absolute Gasteiger partial charge is 0.416 e. The SMILES string of the molecule is CC[C@@H](N)c1c(F)cc(C(F)(F)F)cc1C(F)(F)F.Cl. The predicted molar refractivity (Wildman–Crippen MR) is 60.9 cm³/mol. The standard InChI is InChI=1S/C11H10F7N.ClH/c1-2-8(19)9-6(11(16,17)18)3-5(4-7(9)12)10(13,14)15;/h3-4,8H,2,19H2,1H3;1H/t8-;/m1./s1. The van der Waals surface area contributed by atoms with Gasteiger partial charge in [-0.2, -0.15) is 26.3 Å². The highest BCUT2D eigenvalue weighted by atomic mass is 35.5. The van der Waals surface area contributed by atoms with Crippen molar-refractivity contribution in [2.45, 2.75) is 31.7 Å². The normalized spacial score (nSPS) is 13.8. The lowest BCUT2D eigenvalue weighted by molar-refractivity contribution is -0.144. The van der Waals surface area contributed by atoms with Crippen LogP contribution < -0.4 is 5.73 Å². The minimum absolute atomic E-state index is 0. The minimum atomic E-state index is -5.11. The fourth-order valence-electron chi connectivity index (χ4n) is 1.60. The minimum Gasteiger partial charge on any atom is -0.324 e. The van der Waals surface area contributed by atoms with E-state index in [4.69, 9.17) is 5.73 Å². The highest BCUT2D eigenvalue weighted by molar-refractivity contribution is 5.85. The van der Waals surface area contributed by atoms with Crippen LogP contribution in [0.1, 0.15) is 36.1 Å². The molecule has 0 fully saturated rings. The molecule has 1 atom stereocenters. The summed E-state index contributed by atoms with van der Waals surface area (Å²) >= 11 is 0. The summed E-state index contributed by atoms with van der Waals surface area (Å²) in [5, 5.41) is 0. The molecule has 116 valence electrons. The van der Waals surface area contributed by atoms with E-state index in [1.807, 2.05) is 0 Å². The van der Waals surface area contributed by atoms with Crippen molar-refractivity contribution in [1.82, 2.24) is 0 Å². The Morgan fingerprint density at radius 1 is 1.05 bits per heavy atom. The molecule has 0 aliphatic rings. The fourth-order valence-corrected chi connectivity index (χ4v) is 1.60. The van der Waals surface area contributed by atoms with Crippen LogP contribution in [0.3, 0.4) is 0 Å². The second-order valence-electron chi connectivity index (χ2n) is 3.93. The van der Waals surface area contributed by atoms with Crippen LogP contribution >= 0.6 is 12.4 Å². The van der Waals surface area contributed by atoms with Gasteiger partial charge in [0.15, 0.2) is 0 Å². The zero-order chi connectivity index (χ0) is 15.0. The molecule has 0 radical (unpaired) electrons. The molecule has 0 spiro atoms. The van der Waals surface area contributed by atoms with Crippen LogP contribution in [-0.4, -0.2) is 0 Å². The van der Waals surface area contributed by atoms with Gasteiger partial charge < -0.3 is 5.73 Å². The first-order chi connectivity index (χ1) is 8.48. The first-order valence-electron chi connectivity index (χ1n) is 5.21. The van der Waals surface area contributed by atoms with Crippen molar-refractivity contribution < 1.29 is 30.7 Å². The molecule has 1 nitrogen and oxygen atoms in total. The number of hydrogen-bond donors (Lipinski definition) is 1. The van der Waals surface area contributed by atoms with Crippen LogP contribution in [0.5, 0.6) is 0 Å². The Morgan fingerprint density at radius 2 is 1.55 bits per heavy atom. The highest BCUT2D eigenvalue weighted by Gasteiger charge is 2.40. The molecule has 0 aliphatic carbocycles. The van der Waals surface area contributed by atoms with Crippen molar-refractivity contribution >= 4 is 12.4 Å². The summed E-state index contributed by atoms with van der Waals surface area (Å²) in [5.41, 5.74) is 1.01. The summed E-state index contributed by atoms with van der Waals surface area (Å²) in [7, 11) is 0. The topological polar surface area (TPSA) is 26.0 Å². The molecule has 0 aromatic heterocycles. The average molecular weight is 326 g/mol. The van der Waals surface area contributed by atoms with Crippen LogP contribution in [0, 0.1) is 5.82 Å². The van der Waals surface area contributed by atoms with Gasteiger partial charge in [0.25, 0.3) is 0 Å². The van der Waals surface area contributed by atoms with Crippen molar-refractivity contribution in [2.75, 3.05) is 0 Å². The number of benzene rings is 1. The van der Waals surface area contributed by atoms with Gasteiger partial charge in [-0.05, 0) is 18.6 Å². The van der Waals surface area contributed by atoms with Crippen molar-refractivity contribution in [3.05, 3.63) is 34.6 Å². The number of nitrogens with two attached hydrogens (primary N) is 1. The van der Waals surface area contributed by atoms with E-state index in [1.54, 1.807) is 0 Å². The van der Waals surface area contributed by atoms with E-state index in [1.165, 1.54) is 6.92 Å². The third kappa shape index (κ3) is 3.99. The van der Waals surface area contributed by atoms with Crippen molar-refractivity contribution in [3.8, 4) is 0 Å². The van der Waals surface area contributed by atoms with Gasteiger partial charge >= 0.3 is 12.4 Å². The molecule has 0 saturated carbocycles. The van der Waals surface area contributed by atoms with Crippen LogP contribution in [0.4, 0.5) is 30.7 Å². The molecule has 2 N–H and O–H groups in total. The van der Waals surface area contributed by atoms with Crippen LogP contribution in [0.2, 0.25) is 0 Å². The molecular weight excluding hydrogens is 315 g/mol. The van der Waals surface area contributed by atoms with E-state index in [9.17, 15) is 30.7 Å². The lowest BCUT2D eigenvalue weighted by Gasteiger charge is -2.20. The number of alkyl halides is 6. The summed E-state index contributed by atoms with van der Waals surface area (Å²) in [6.45, 7) is 1.40. The maximum Gasteiger partial charge on any atom is 0.416 e. The van der Waals surface area contributed by atoms with Gasteiger partial charge in [0.2, 0.25) is 0 Å². The summed E-state index contributed by atoms with van der Waals surface area (Å²) < 4.78 is 88.8. The second kappa shape index (κ2) is 6.17. The summed E-state index contributed by atoms with van der Waals surface area (Å²) in [6, 6.07) is -1.41. The fraction of sp³-hybridized carbons (Fsp3) is 0.455. The maximum absolute atomic E-state index is 13.5. The Balaban J connectivity index is 0.00000361. The van der Waals surface area contributed by atoms with E-state index < -0.39 is 40.9 Å². The molecule has 9 heteroatoms. The van der Waals surface area contributed by atoms with E-state index in [-0.39, 0.29) is 31.0 Å². The number of rotatable bonds is 2. The first kappa shape index (κ1) is 19.0. The van der Waals surface area contributed by atoms with E-state index in [0.29, 0.717) is 0 Å². The Labute approximate surface area is 116 Å². The third-order valence-electron chi connectivity index (χ3n) is 2.57. The zero-order valence-corrected chi connectivity index (χ0v) is 10.9. The van der Waals surface area contributed by atoms with Crippen molar-refractivity contribution in [1.29, 1.82) is 0 Å². The highest BCUT2D eigenvalue weighted by Crippen LogP contribution is 2.40. The van der Waals surface area contributed by atoms with Gasteiger partial charge in [-0.1, -0.05) is 6.92 Å². The van der Waals surface area contributed by atoms with Gasteiger partial charge in [-0.25, -0.2) is 4.39 Å². The Morgan fingerprint density at radius 3 is 1.90 bits per heavy atom. The van der Waals surface area contributed by atoms with Crippen molar-refractivity contribution in [3.63, 3.8) is 0 Å². The lowest BCUT2D eigenvalue weighted by atomic mass is 9.95. The summed E-state index contributed by atoms with van der Waals surface area (Å²) in [5.74, 6) is -1.60. The quantitative estimate of drug-likeness (QED) is 0.784.